The van der Waals surface area contributed by atoms with Crippen LogP contribution in [0.25, 0.3) is 0 Å². The van der Waals surface area contributed by atoms with Crippen molar-refractivity contribution in [3.05, 3.63) is 23.8 Å². The van der Waals surface area contributed by atoms with Gasteiger partial charge in [-0.25, -0.2) is 0 Å². The lowest BCUT2D eigenvalue weighted by Gasteiger charge is -2.23. The zero-order valence-electron chi connectivity index (χ0n) is 11.4. The minimum atomic E-state index is -0.855. The molecule has 0 bridgehead atoms. The molecule has 1 unspecified atom stereocenters. The maximum Gasteiger partial charge on any atom is 0.231 e. The van der Waals surface area contributed by atoms with E-state index in [1.807, 2.05) is 25.1 Å². The summed E-state index contributed by atoms with van der Waals surface area (Å²) in [7, 11) is 0. The van der Waals surface area contributed by atoms with Gasteiger partial charge >= 0.3 is 0 Å². The third-order valence-electron chi connectivity index (χ3n) is 2.87. The quantitative estimate of drug-likeness (QED) is 0.779. The lowest BCUT2D eigenvalue weighted by Crippen LogP contribution is -2.41. The van der Waals surface area contributed by atoms with Gasteiger partial charge in [-0.2, -0.15) is 0 Å². The Morgan fingerprint density at radius 2 is 2.16 bits per heavy atom. The SMILES string of the molecule is CCNCC(C)(O)COCc1ccc2c(c1)OCO2. The number of hydrogen-bond acceptors (Lipinski definition) is 5. The highest BCUT2D eigenvalue weighted by atomic mass is 16.7. The summed E-state index contributed by atoms with van der Waals surface area (Å²) in [6, 6.07) is 5.71. The van der Waals surface area contributed by atoms with E-state index in [-0.39, 0.29) is 13.4 Å². The average Bonchev–Trinajstić information content (AvgIpc) is 2.83. The fourth-order valence-corrected chi connectivity index (χ4v) is 1.86. The maximum absolute atomic E-state index is 10.0. The molecule has 0 aliphatic carbocycles. The fourth-order valence-electron chi connectivity index (χ4n) is 1.86. The van der Waals surface area contributed by atoms with Crippen molar-refractivity contribution in [2.45, 2.75) is 26.1 Å². The molecule has 0 fully saturated rings. The standard InChI is InChI=1S/C14H21NO4/c1-3-15-8-14(2,16)9-17-7-11-4-5-12-13(6-11)19-10-18-12/h4-6,15-16H,3,7-10H2,1-2H3. The second-order valence-corrected chi connectivity index (χ2v) is 4.96. The van der Waals surface area contributed by atoms with Gasteiger partial charge in [0.25, 0.3) is 0 Å². The average molecular weight is 267 g/mol. The summed E-state index contributed by atoms with van der Waals surface area (Å²) >= 11 is 0. The molecule has 106 valence electrons. The lowest BCUT2D eigenvalue weighted by molar-refractivity contribution is -0.0377. The zero-order valence-corrected chi connectivity index (χ0v) is 11.4. The molecule has 0 radical (unpaired) electrons. The van der Waals surface area contributed by atoms with Gasteiger partial charge in [-0.1, -0.05) is 13.0 Å². The monoisotopic (exact) mass is 267 g/mol. The van der Waals surface area contributed by atoms with Crippen LogP contribution in [0.2, 0.25) is 0 Å². The van der Waals surface area contributed by atoms with Crippen LogP contribution in [0, 0.1) is 0 Å². The summed E-state index contributed by atoms with van der Waals surface area (Å²) in [6.07, 6.45) is 0. The molecule has 0 saturated heterocycles. The normalized spacial score (nSPS) is 16.4. The number of nitrogens with one attached hydrogen (secondary N) is 1. The third kappa shape index (κ3) is 4.09. The molecule has 1 aromatic rings. The van der Waals surface area contributed by atoms with E-state index in [1.165, 1.54) is 0 Å². The van der Waals surface area contributed by atoms with Gasteiger partial charge < -0.3 is 24.6 Å². The summed E-state index contributed by atoms with van der Waals surface area (Å²) in [5.41, 5.74) is 0.148. The second kappa shape index (κ2) is 6.23. The Hall–Kier alpha value is -1.30. The molecule has 0 spiro atoms. The zero-order chi connectivity index (χ0) is 13.7. The molecule has 1 aliphatic rings. The Bertz CT molecular complexity index is 420. The van der Waals surface area contributed by atoms with E-state index in [1.54, 1.807) is 6.92 Å². The lowest BCUT2D eigenvalue weighted by atomic mass is 10.1. The number of aliphatic hydroxyl groups is 1. The number of ether oxygens (including phenoxy) is 3. The van der Waals surface area contributed by atoms with Crippen molar-refractivity contribution in [2.24, 2.45) is 0 Å². The van der Waals surface area contributed by atoms with E-state index in [2.05, 4.69) is 5.32 Å². The van der Waals surface area contributed by atoms with Gasteiger partial charge in [0.2, 0.25) is 6.79 Å². The Morgan fingerprint density at radius 3 is 2.95 bits per heavy atom. The smallest absolute Gasteiger partial charge is 0.231 e. The van der Waals surface area contributed by atoms with Crippen LogP contribution in [-0.2, 0) is 11.3 Å². The molecule has 0 amide bonds. The number of likely N-dealkylation sites (N-methyl/N-ethyl adjacent to an activating group) is 1. The molecule has 0 aromatic heterocycles. The number of hydrogen-bond donors (Lipinski definition) is 2. The molecule has 2 N–H and O–H groups in total. The fraction of sp³-hybridized carbons (Fsp3) is 0.571. The van der Waals surface area contributed by atoms with Gasteiger partial charge in [0, 0.05) is 6.54 Å². The van der Waals surface area contributed by atoms with Gasteiger partial charge in [0.1, 0.15) is 0 Å². The molecule has 19 heavy (non-hydrogen) atoms. The molecule has 1 aliphatic heterocycles. The van der Waals surface area contributed by atoms with Crippen molar-refractivity contribution < 1.29 is 19.3 Å². The van der Waals surface area contributed by atoms with Crippen LogP contribution in [0.3, 0.4) is 0 Å². The topological polar surface area (TPSA) is 60.0 Å². The number of benzene rings is 1. The molecular weight excluding hydrogens is 246 g/mol. The van der Waals surface area contributed by atoms with Crippen LogP contribution in [0.5, 0.6) is 11.5 Å². The van der Waals surface area contributed by atoms with Crippen LogP contribution in [0.4, 0.5) is 0 Å². The minimum absolute atomic E-state index is 0.275. The summed E-state index contributed by atoms with van der Waals surface area (Å²) in [6.45, 7) is 6.12. The van der Waals surface area contributed by atoms with E-state index >= 15 is 0 Å². The van der Waals surface area contributed by atoms with Crippen molar-refractivity contribution in [1.29, 1.82) is 0 Å². The molecule has 1 heterocycles. The molecule has 0 saturated carbocycles. The second-order valence-electron chi connectivity index (χ2n) is 4.96. The van der Waals surface area contributed by atoms with E-state index in [0.717, 1.165) is 23.6 Å². The predicted octanol–water partition coefficient (Wildman–Crippen LogP) is 1.29. The van der Waals surface area contributed by atoms with E-state index in [4.69, 9.17) is 14.2 Å². The van der Waals surface area contributed by atoms with E-state index in [9.17, 15) is 5.11 Å². The first-order valence-electron chi connectivity index (χ1n) is 6.50. The Kier molecular flexibility index (Phi) is 4.63. The number of fused-ring (bicyclic) bond motifs is 1. The molecule has 1 atom stereocenters. The Labute approximate surface area is 113 Å². The first kappa shape index (κ1) is 14.1. The van der Waals surface area contributed by atoms with Crippen molar-refractivity contribution in [3.63, 3.8) is 0 Å². The molecule has 5 heteroatoms. The predicted molar refractivity (Wildman–Crippen MR) is 71.4 cm³/mol. The Balaban J connectivity index is 1.79. The maximum atomic E-state index is 10.0. The summed E-state index contributed by atoms with van der Waals surface area (Å²) in [5, 5.41) is 13.2. The minimum Gasteiger partial charge on any atom is -0.454 e. The summed E-state index contributed by atoms with van der Waals surface area (Å²) < 4.78 is 16.1. The van der Waals surface area contributed by atoms with E-state index in [0.29, 0.717) is 13.2 Å². The highest BCUT2D eigenvalue weighted by molar-refractivity contribution is 5.44. The molecule has 5 nitrogen and oxygen atoms in total. The van der Waals surface area contributed by atoms with Crippen molar-refractivity contribution >= 4 is 0 Å². The van der Waals surface area contributed by atoms with Gasteiger partial charge in [0.15, 0.2) is 11.5 Å². The van der Waals surface area contributed by atoms with Crippen LogP contribution in [-0.4, -0.2) is 37.2 Å². The van der Waals surface area contributed by atoms with Gasteiger partial charge in [0.05, 0.1) is 18.8 Å². The van der Waals surface area contributed by atoms with Gasteiger partial charge in [-0.3, -0.25) is 0 Å². The molecule has 1 aromatic carbocycles. The van der Waals surface area contributed by atoms with Crippen molar-refractivity contribution in [2.75, 3.05) is 26.5 Å². The van der Waals surface area contributed by atoms with Crippen LogP contribution in [0.1, 0.15) is 19.4 Å². The van der Waals surface area contributed by atoms with Crippen molar-refractivity contribution in [1.82, 2.24) is 5.32 Å². The van der Waals surface area contributed by atoms with Crippen molar-refractivity contribution in [3.8, 4) is 11.5 Å². The largest absolute Gasteiger partial charge is 0.454 e. The third-order valence-corrected chi connectivity index (χ3v) is 2.87. The summed E-state index contributed by atoms with van der Waals surface area (Å²) in [5.74, 6) is 1.52. The van der Waals surface area contributed by atoms with Crippen LogP contribution < -0.4 is 14.8 Å². The van der Waals surface area contributed by atoms with Crippen LogP contribution in [0.15, 0.2) is 18.2 Å². The van der Waals surface area contributed by atoms with E-state index < -0.39 is 5.60 Å². The van der Waals surface area contributed by atoms with Gasteiger partial charge in [-0.15, -0.1) is 0 Å². The molecule has 2 rings (SSSR count). The summed E-state index contributed by atoms with van der Waals surface area (Å²) in [4.78, 5) is 0. The Morgan fingerprint density at radius 1 is 1.37 bits per heavy atom. The first-order chi connectivity index (χ1) is 9.11. The number of rotatable bonds is 7. The highest BCUT2D eigenvalue weighted by Crippen LogP contribution is 2.32. The highest BCUT2D eigenvalue weighted by Gasteiger charge is 2.20. The van der Waals surface area contributed by atoms with Crippen LogP contribution >= 0.6 is 0 Å². The first-order valence-corrected chi connectivity index (χ1v) is 6.50. The van der Waals surface area contributed by atoms with Gasteiger partial charge in [-0.05, 0) is 31.2 Å². The molecular formula is C14H21NO4.